The molecule has 7 heteroatoms. The van der Waals surface area contributed by atoms with Crippen LogP contribution in [-0.2, 0) is 14.8 Å². The van der Waals surface area contributed by atoms with E-state index in [0.29, 0.717) is 12.5 Å². The number of hydrogen-bond donors (Lipinski definition) is 2. The molecule has 0 aliphatic carbocycles. The quantitative estimate of drug-likeness (QED) is 0.731. The number of carbonyl (C=O) groups excluding carboxylic acids is 1. The lowest BCUT2D eigenvalue weighted by molar-refractivity contribution is -0.122. The van der Waals surface area contributed by atoms with Gasteiger partial charge in [-0.25, -0.2) is 8.42 Å². The average Bonchev–Trinajstić information content (AvgIpc) is 2.61. The lowest BCUT2D eigenvalue weighted by Crippen LogP contribution is -2.46. The van der Waals surface area contributed by atoms with Crippen molar-refractivity contribution in [1.82, 2.24) is 14.9 Å². The SMILES string of the molecule is CC(CNC(=O)[C@H](C)NS(=O)(=O)c1ccccc1)CN1CCCCC1. The second-order valence-corrected chi connectivity index (χ2v) is 8.58. The maximum Gasteiger partial charge on any atom is 0.241 e. The van der Waals surface area contributed by atoms with Crippen LogP contribution in [0, 0.1) is 5.92 Å². The molecule has 1 fully saturated rings. The molecule has 6 nitrogen and oxygen atoms in total. The Kier molecular flexibility index (Phi) is 7.40. The first-order chi connectivity index (χ1) is 11.9. The van der Waals surface area contributed by atoms with Crippen molar-refractivity contribution < 1.29 is 13.2 Å². The second-order valence-electron chi connectivity index (χ2n) is 6.87. The molecule has 0 radical (unpaired) electrons. The number of amides is 1. The third-order valence-electron chi connectivity index (χ3n) is 4.42. The lowest BCUT2D eigenvalue weighted by atomic mass is 10.1. The van der Waals surface area contributed by atoms with Crippen LogP contribution in [0.2, 0.25) is 0 Å². The molecule has 2 N–H and O–H groups in total. The Labute approximate surface area is 151 Å². The first-order valence-corrected chi connectivity index (χ1v) is 10.4. The molecule has 1 unspecified atom stereocenters. The summed E-state index contributed by atoms with van der Waals surface area (Å²) in [5.74, 6) is 0.0324. The number of piperidine rings is 1. The highest BCUT2D eigenvalue weighted by molar-refractivity contribution is 7.89. The molecule has 0 aromatic heterocycles. The van der Waals surface area contributed by atoms with Crippen LogP contribution in [-0.4, -0.2) is 51.4 Å². The number of sulfonamides is 1. The Morgan fingerprint density at radius 2 is 1.76 bits per heavy atom. The molecule has 1 aliphatic rings. The number of hydrogen-bond acceptors (Lipinski definition) is 4. The Morgan fingerprint density at radius 1 is 1.12 bits per heavy atom. The van der Waals surface area contributed by atoms with Gasteiger partial charge in [-0.15, -0.1) is 0 Å². The van der Waals surface area contributed by atoms with Crippen molar-refractivity contribution in [3.05, 3.63) is 30.3 Å². The van der Waals surface area contributed by atoms with Crippen LogP contribution in [0.15, 0.2) is 35.2 Å². The number of carbonyl (C=O) groups is 1. The van der Waals surface area contributed by atoms with Crippen molar-refractivity contribution >= 4 is 15.9 Å². The fourth-order valence-electron chi connectivity index (χ4n) is 3.03. The van der Waals surface area contributed by atoms with Crippen molar-refractivity contribution in [1.29, 1.82) is 0 Å². The molecule has 25 heavy (non-hydrogen) atoms. The van der Waals surface area contributed by atoms with Crippen molar-refractivity contribution in [2.24, 2.45) is 5.92 Å². The third kappa shape index (κ3) is 6.41. The third-order valence-corrected chi connectivity index (χ3v) is 5.98. The molecule has 2 atom stereocenters. The second kappa shape index (κ2) is 9.31. The van der Waals surface area contributed by atoms with E-state index < -0.39 is 16.1 Å². The Morgan fingerprint density at radius 3 is 2.40 bits per heavy atom. The summed E-state index contributed by atoms with van der Waals surface area (Å²) in [6.07, 6.45) is 3.80. The molecule has 2 rings (SSSR count). The molecule has 0 spiro atoms. The number of benzene rings is 1. The van der Waals surface area contributed by atoms with Crippen LogP contribution in [0.1, 0.15) is 33.1 Å². The van der Waals surface area contributed by atoms with Crippen LogP contribution in [0.25, 0.3) is 0 Å². The largest absolute Gasteiger partial charge is 0.354 e. The lowest BCUT2D eigenvalue weighted by Gasteiger charge is -2.29. The zero-order valence-corrected chi connectivity index (χ0v) is 15.9. The maximum atomic E-state index is 12.3. The fourth-order valence-corrected chi connectivity index (χ4v) is 4.25. The van der Waals surface area contributed by atoms with Gasteiger partial charge >= 0.3 is 0 Å². The highest BCUT2D eigenvalue weighted by atomic mass is 32.2. The predicted octanol–water partition coefficient (Wildman–Crippen LogP) is 1.59. The standard InChI is InChI=1S/C18H29N3O3S/c1-15(14-21-11-7-4-8-12-21)13-19-18(22)16(2)20-25(23,24)17-9-5-3-6-10-17/h3,5-6,9-10,15-16,20H,4,7-8,11-14H2,1-2H3,(H,19,22)/t15?,16-/m0/s1. The predicted molar refractivity (Wildman–Crippen MR) is 98.7 cm³/mol. The van der Waals surface area contributed by atoms with E-state index in [-0.39, 0.29) is 10.8 Å². The summed E-state index contributed by atoms with van der Waals surface area (Å²) in [6, 6.07) is 7.26. The van der Waals surface area contributed by atoms with E-state index in [1.54, 1.807) is 25.1 Å². The number of nitrogens with one attached hydrogen (secondary N) is 2. The van der Waals surface area contributed by atoms with Gasteiger partial charge in [0.1, 0.15) is 0 Å². The summed E-state index contributed by atoms with van der Waals surface area (Å²) < 4.78 is 26.9. The summed E-state index contributed by atoms with van der Waals surface area (Å²) in [7, 11) is -3.68. The van der Waals surface area contributed by atoms with Gasteiger partial charge in [-0.2, -0.15) is 4.72 Å². The molecule has 0 bridgehead atoms. The van der Waals surface area contributed by atoms with Crippen LogP contribution in [0.4, 0.5) is 0 Å². The van der Waals surface area contributed by atoms with Gasteiger partial charge in [-0.05, 0) is 50.9 Å². The first kappa shape index (κ1) is 19.9. The van der Waals surface area contributed by atoms with Gasteiger partial charge in [0.15, 0.2) is 0 Å². The van der Waals surface area contributed by atoms with Crippen molar-refractivity contribution in [3.8, 4) is 0 Å². The molecule has 1 aromatic rings. The number of nitrogens with zero attached hydrogens (tertiary/aromatic N) is 1. The fraction of sp³-hybridized carbons (Fsp3) is 0.611. The first-order valence-electron chi connectivity index (χ1n) is 8.96. The Bertz CT molecular complexity index is 643. The molecule has 1 heterocycles. The van der Waals surface area contributed by atoms with Gasteiger partial charge in [0.2, 0.25) is 15.9 Å². The molecule has 1 saturated heterocycles. The minimum Gasteiger partial charge on any atom is -0.354 e. The smallest absolute Gasteiger partial charge is 0.241 e. The molecular formula is C18H29N3O3S. The molecular weight excluding hydrogens is 338 g/mol. The number of likely N-dealkylation sites (tertiary alicyclic amines) is 1. The van der Waals surface area contributed by atoms with E-state index in [2.05, 4.69) is 21.9 Å². The topological polar surface area (TPSA) is 78.5 Å². The Balaban J connectivity index is 1.77. The van der Waals surface area contributed by atoms with Crippen LogP contribution in [0.5, 0.6) is 0 Å². The average molecular weight is 368 g/mol. The van der Waals surface area contributed by atoms with Crippen molar-refractivity contribution in [3.63, 3.8) is 0 Å². The summed E-state index contributed by atoms with van der Waals surface area (Å²) in [5.41, 5.74) is 0. The van der Waals surface area contributed by atoms with E-state index in [4.69, 9.17) is 0 Å². The van der Waals surface area contributed by atoms with E-state index in [9.17, 15) is 13.2 Å². The molecule has 1 amide bonds. The normalized spacial score (nSPS) is 18.5. The zero-order valence-electron chi connectivity index (χ0n) is 15.1. The highest BCUT2D eigenvalue weighted by Crippen LogP contribution is 2.11. The summed E-state index contributed by atoms with van der Waals surface area (Å²) >= 11 is 0. The molecule has 1 aromatic carbocycles. The minimum atomic E-state index is -3.68. The molecule has 0 saturated carbocycles. The van der Waals surface area contributed by atoms with E-state index in [0.717, 1.165) is 19.6 Å². The van der Waals surface area contributed by atoms with E-state index in [1.807, 2.05) is 0 Å². The Hall–Kier alpha value is -1.44. The van der Waals surface area contributed by atoms with Gasteiger partial charge < -0.3 is 10.2 Å². The van der Waals surface area contributed by atoms with Gasteiger partial charge in [-0.3, -0.25) is 4.79 Å². The van der Waals surface area contributed by atoms with Crippen LogP contribution in [0.3, 0.4) is 0 Å². The van der Waals surface area contributed by atoms with Crippen LogP contribution < -0.4 is 10.0 Å². The summed E-state index contributed by atoms with van der Waals surface area (Å²) in [5, 5.41) is 2.85. The van der Waals surface area contributed by atoms with Crippen molar-refractivity contribution in [2.45, 2.75) is 44.0 Å². The van der Waals surface area contributed by atoms with E-state index >= 15 is 0 Å². The van der Waals surface area contributed by atoms with Crippen molar-refractivity contribution in [2.75, 3.05) is 26.2 Å². The minimum absolute atomic E-state index is 0.160. The summed E-state index contributed by atoms with van der Waals surface area (Å²) in [4.78, 5) is 14.8. The molecule has 140 valence electrons. The highest BCUT2D eigenvalue weighted by Gasteiger charge is 2.22. The number of rotatable bonds is 8. The van der Waals surface area contributed by atoms with Gasteiger partial charge in [0.05, 0.1) is 10.9 Å². The van der Waals surface area contributed by atoms with Gasteiger partial charge in [0.25, 0.3) is 0 Å². The monoisotopic (exact) mass is 367 g/mol. The summed E-state index contributed by atoms with van der Waals surface area (Å²) in [6.45, 7) is 7.44. The van der Waals surface area contributed by atoms with Crippen LogP contribution >= 0.6 is 0 Å². The zero-order chi connectivity index (χ0) is 18.3. The molecule has 1 aliphatic heterocycles. The van der Waals surface area contributed by atoms with E-state index in [1.165, 1.54) is 31.4 Å². The van der Waals surface area contributed by atoms with Gasteiger partial charge in [0, 0.05) is 13.1 Å². The maximum absolute atomic E-state index is 12.3. The van der Waals surface area contributed by atoms with Gasteiger partial charge in [-0.1, -0.05) is 31.5 Å².